The van der Waals surface area contributed by atoms with Crippen LogP contribution in [0.15, 0.2) is 35.4 Å². The quantitative estimate of drug-likeness (QED) is 0.879. The van der Waals surface area contributed by atoms with Crippen molar-refractivity contribution in [2.24, 2.45) is 5.92 Å². The lowest BCUT2D eigenvalue weighted by Crippen LogP contribution is -2.40. The van der Waals surface area contributed by atoms with Gasteiger partial charge in [-0.1, -0.05) is 39.3 Å². The second-order valence-electron chi connectivity index (χ2n) is 5.27. The summed E-state index contributed by atoms with van der Waals surface area (Å²) >= 11 is 0. The molecule has 0 aliphatic rings. The Morgan fingerprint density at radius 1 is 1.30 bits per heavy atom. The zero-order chi connectivity index (χ0) is 14.5. The molecule has 2 aromatic rings. The summed E-state index contributed by atoms with van der Waals surface area (Å²) in [6.07, 6.45) is 2.75. The van der Waals surface area contributed by atoms with Crippen LogP contribution in [0.4, 0.5) is 0 Å². The largest absolute Gasteiger partial charge is 0.312 e. The van der Waals surface area contributed by atoms with Crippen molar-refractivity contribution in [3.63, 3.8) is 0 Å². The van der Waals surface area contributed by atoms with Crippen LogP contribution in [0.5, 0.6) is 0 Å². The molecule has 4 nitrogen and oxygen atoms in total. The maximum Gasteiger partial charge on any atom is 0.261 e. The summed E-state index contributed by atoms with van der Waals surface area (Å²) in [4.78, 5) is 16.8. The molecule has 0 bridgehead atoms. The molecule has 2 unspecified atom stereocenters. The van der Waals surface area contributed by atoms with Crippen LogP contribution in [-0.2, 0) is 6.54 Å². The first-order valence-corrected chi connectivity index (χ1v) is 7.34. The molecule has 0 aliphatic heterocycles. The van der Waals surface area contributed by atoms with E-state index >= 15 is 0 Å². The van der Waals surface area contributed by atoms with Crippen molar-refractivity contribution >= 4 is 10.9 Å². The Morgan fingerprint density at radius 2 is 2.05 bits per heavy atom. The van der Waals surface area contributed by atoms with Crippen molar-refractivity contribution in [1.82, 2.24) is 14.9 Å². The van der Waals surface area contributed by atoms with E-state index in [-0.39, 0.29) is 5.56 Å². The number of likely N-dealkylation sites (N-methyl/N-ethyl adjacent to an activating group) is 1. The van der Waals surface area contributed by atoms with Gasteiger partial charge in [0.25, 0.3) is 5.56 Å². The van der Waals surface area contributed by atoms with Crippen molar-refractivity contribution in [3.05, 3.63) is 40.9 Å². The summed E-state index contributed by atoms with van der Waals surface area (Å²) in [7, 11) is 0. The normalized spacial score (nSPS) is 14.3. The standard InChI is InChI=1S/C16H23N3O/c1-4-12(3)15(17-5-2)10-19-11-18-14-9-7-6-8-13(14)16(19)20/h6-9,11-12,15,17H,4-5,10H2,1-3H3. The average Bonchev–Trinajstić information content (AvgIpc) is 2.48. The molecule has 1 aromatic carbocycles. The van der Waals surface area contributed by atoms with Crippen LogP contribution in [0.1, 0.15) is 27.2 Å². The molecular weight excluding hydrogens is 250 g/mol. The van der Waals surface area contributed by atoms with Crippen LogP contribution in [0.25, 0.3) is 10.9 Å². The molecule has 2 atom stereocenters. The molecule has 0 radical (unpaired) electrons. The van der Waals surface area contributed by atoms with Crippen molar-refractivity contribution in [2.75, 3.05) is 6.54 Å². The average molecular weight is 273 g/mol. The van der Waals surface area contributed by atoms with Gasteiger partial charge >= 0.3 is 0 Å². The topological polar surface area (TPSA) is 46.9 Å². The van der Waals surface area contributed by atoms with Gasteiger partial charge in [-0.2, -0.15) is 0 Å². The first-order valence-electron chi connectivity index (χ1n) is 7.34. The number of hydrogen-bond acceptors (Lipinski definition) is 3. The summed E-state index contributed by atoms with van der Waals surface area (Å²) in [6.45, 7) is 8.06. The highest BCUT2D eigenvalue weighted by Gasteiger charge is 2.16. The van der Waals surface area contributed by atoms with E-state index < -0.39 is 0 Å². The summed E-state index contributed by atoms with van der Waals surface area (Å²) in [5.74, 6) is 0.522. The minimum atomic E-state index is 0.0433. The van der Waals surface area contributed by atoms with Crippen molar-refractivity contribution in [3.8, 4) is 0 Å². The molecule has 4 heteroatoms. The Labute approximate surface area is 119 Å². The van der Waals surface area contributed by atoms with Gasteiger partial charge in [-0.05, 0) is 24.6 Å². The van der Waals surface area contributed by atoms with Gasteiger partial charge in [0.05, 0.1) is 17.2 Å². The monoisotopic (exact) mass is 273 g/mol. The molecule has 0 saturated heterocycles. The van der Waals surface area contributed by atoms with Gasteiger partial charge in [-0.15, -0.1) is 0 Å². The van der Waals surface area contributed by atoms with Crippen molar-refractivity contribution in [1.29, 1.82) is 0 Å². The molecule has 1 aromatic heterocycles. The Hall–Kier alpha value is -1.68. The highest BCUT2D eigenvalue weighted by atomic mass is 16.1. The Morgan fingerprint density at radius 3 is 2.75 bits per heavy atom. The fraction of sp³-hybridized carbons (Fsp3) is 0.500. The second kappa shape index (κ2) is 6.66. The summed E-state index contributed by atoms with van der Waals surface area (Å²) in [6, 6.07) is 7.79. The van der Waals surface area contributed by atoms with E-state index in [0.29, 0.717) is 23.9 Å². The van der Waals surface area contributed by atoms with Crippen LogP contribution in [0.3, 0.4) is 0 Å². The van der Waals surface area contributed by atoms with Crippen molar-refractivity contribution in [2.45, 2.75) is 39.8 Å². The number of rotatable bonds is 6. The molecular formula is C16H23N3O. The predicted molar refractivity (Wildman–Crippen MR) is 82.9 cm³/mol. The Balaban J connectivity index is 2.32. The number of aromatic nitrogens is 2. The molecule has 0 spiro atoms. The lowest BCUT2D eigenvalue weighted by atomic mass is 9.99. The Kier molecular flexibility index (Phi) is 4.90. The van der Waals surface area contributed by atoms with E-state index in [0.717, 1.165) is 18.5 Å². The number of para-hydroxylation sites is 1. The third-order valence-electron chi connectivity index (χ3n) is 3.92. The summed E-state index contributed by atoms with van der Waals surface area (Å²) in [5, 5.41) is 4.16. The van der Waals surface area contributed by atoms with Crippen LogP contribution in [0, 0.1) is 5.92 Å². The van der Waals surface area contributed by atoms with Gasteiger partial charge in [0.2, 0.25) is 0 Å². The number of fused-ring (bicyclic) bond motifs is 1. The third kappa shape index (κ3) is 3.07. The minimum Gasteiger partial charge on any atom is -0.312 e. The van der Waals surface area contributed by atoms with E-state index in [1.807, 2.05) is 24.3 Å². The Bertz CT molecular complexity index is 620. The molecule has 0 aliphatic carbocycles. The van der Waals surface area contributed by atoms with Gasteiger partial charge in [0, 0.05) is 12.6 Å². The zero-order valence-electron chi connectivity index (χ0n) is 12.5. The molecule has 1 heterocycles. The fourth-order valence-electron chi connectivity index (χ4n) is 2.44. The lowest BCUT2D eigenvalue weighted by molar-refractivity contribution is 0.331. The van der Waals surface area contributed by atoms with Crippen LogP contribution >= 0.6 is 0 Å². The maximum atomic E-state index is 12.5. The van der Waals surface area contributed by atoms with E-state index in [1.165, 1.54) is 0 Å². The summed E-state index contributed by atoms with van der Waals surface area (Å²) in [5.41, 5.74) is 0.805. The predicted octanol–water partition coefficient (Wildman–Crippen LogP) is 2.42. The SMILES string of the molecule is CCNC(Cn1cnc2ccccc2c1=O)C(C)CC. The molecule has 20 heavy (non-hydrogen) atoms. The number of nitrogens with one attached hydrogen (secondary N) is 1. The number of nitrogens with zero attached hydrogens (tertiary/aromatic N) is 2. The third-order valence-corrected chi connectivity index (χ3v) is 3.92. The molecule has 0 fully saturated rings. The smallest absolute Gasteiger partial charge is 0.261 e. The van der Waals surface area contributed by atoms with Crippen LogP contribution in [-0.4, -0.2) is 22.1 Å². The van der Waals surface area contributed by atoms with E-state index in [1.54, 1.807) is 10.9 Å². The van der Waals surface area contributed by atoms with Crippen molar-refractivity contribution < 1.29 is 0 Å². The van der Waals surface area contributed by atoms with E-state index in [2.05, 4.69) is 31.1 Å². The fourth-order valence-corrected chi connectivity index (χ4v) is 2.44. The molecule has 0 saturated carbocycles. The van der Waals surface area contributed by atoms with Gasteiger partial charge < -0.3 is 5.32 Å². The van der Waals surface area contributed by atoms with Gasteiger partial charge in [0.15, 0.2) is 0 Å². The summed E-state index contributed by atoms with van der Waals surface area (Å²) < 4.78 is 1.72. The lowest BCUT2D eigenvalue weighted by Gasteiger charge is -2.24. The van der Waals surface area contributed by atoms with Crippen LogP contribution in [0.2, 0.25) is 0 Å². The minimum absolute atomic E-state index is 0.0433. The van der Waals surface area contributed by atoms with Gasteiger partial charge in [0.1, 0.15) is 0 Å². The zero-order valence-corrected chi connectivity index (χ0v) is 12.5. The first kappa shape index (κ1) is 14.7. The van der Waals surface area contributed by atoms with E-state index in [9.17, 15) is 4.79 Å². The highest BCUT2D eigenvalue weighted by molar-refractivity contribution is 5.76. The van der Waals surface area contributed by atoms with E-state index in [4.69, 9.17) is 0 Å². The number of benzene rings is 1. The molecule has 1 N–H and O–H groups in total. The first-order chi connectivity index (χ1) is 9.67. The maximum absolute atomic E-state index is 12.5. The van der Waals surface area contributed by atoms with Gasteiger partial charge in [-0.3, -0.25) is 9.36 Å². The highest BCUT2D eigenvalue weighted by Crippen LogP contribution is 2.10. The molecule has 2 rings (SSSR count). The molecule has 0 amide bonds. The number of hydrogen-bond donors (Lipinski definition) is 1. The van der Waals surface area contributed by atoms with Gasteiger partial charge in [-0.25, -0.2) is 4.98 Å². The van der Waals surface area contributed by atoms with Crippen LogP contribution < -0.4 is 10.9 Å². The molecule has 108 valence electrons. The second-order valence-corrected chi connectivity index (χ2v) is 5.27.